The maximum Gasteiger partial charge on any atom is 0.221 e. The van der Waals surface area contributed by atoms with E-state index in [1.54, 1.807) is 0 Å². The van der Waals surface area contributed by atoms with Gasteiger partial charge in [-0.3, -0.25) is 9.69 Å². The van der Waals surface area contributed by atoms with Crippen LogP contribution in [0.25, 0.3) is 0 Å². The van der Waals surface area contributed by atoms with Gasteiger partial charge in [0.1, 0.15) is 0 Å². The minimum Gasteiger partial charge on any atom is -0.369 e. The fraction of sp³-hybridized carbons (Fsp3) is 0.588. The Kier molecular flexibility index (Phi) is 4.44. The van der Waals surface area contributed by atoms with E-state index in [-0.39, 0.29) is 5.91 Å². The number of hydrogen-bond acceptors (Lipinski definition) is 3. The van der Waals surface area contributed by atoms with Crippen molar-refractivity contribution in [1.29, 1.82) is 0 Å². The van der Waals surface area contributed by atoms with E-state index in [0.29, 0.717) is 12.5 Å². The Hall–Kier alpha value is -1.55. The van der Waals surface area contributed by atoms with E-state index in [2.05, 4.69) is 46.3 Å². The fourth-order valence-corrected chi connectivity index (χ4v) is 2.84. The zero-order valence-electron chi connectivity index (χ0n) is 12.8. The number of piperazine rings is 1. The molecule has 1 aliphatic heterocycles. The zero-order chi connectivity index (χ0) is 14.7. The van der Waals surface area contributed by atoms with Crippen molar-refractivity contribution in [2.75, 3.05) is 37.6 Å². The van der Waals surface area contributed by atoms with Crippen LogP contribution in [0.15, 0.2) is 24.3 Å². The van der Waals surface area contributed by atoms with Crippen molar-refractivity contribution >= 4 is 11.6 Å². The Balaban J connectivity index is 1.41. The Labute approximate surface area is 127 Å². The molecule has 114 valence electrons. The van der Waals surface area contributed by atoms with Gasteiger partial charge < -0.3 is 10.2 Å². The molecule has 1 heterocycles. The van der Waals surface area contributed by atoms with Crippen LogP contribution in [0.3, 0.4) is 0 Å². The van der Waals surface area contributed by atoms with E-state index in [0.717, 1.165) is 32.7 Å². The molecule has 0 spiro atoms. The highest BCUT2D eigenvalue weighted by Crippen LogP contribution is 2.19. The van der Waals surface area contributed by atoms with Crippen molar-refractivity contribution in [2.45, 2.75) is 32.2 Å². The van der Waals surface area contributed by atoms with Gasteiger partial charge in [-0.15, -0.1) is 0 Å². The molecule has 2 fully saturated rings. The number of aryl methyl sites for hydroxylation is 1. The molecule has 2 aliphatic rings. The van der Waals surface area contributed by atoms with E-state index in [1.165, 1.54) is 24.1 Å². The molecule has 1 saturated heterocycles. The van der Waals surface area contributed by atoms with Crippen LogP contribution >= 0.6 is 0 Å². The quantitative estimate of drug-likeness (QED) is 0.897. The summed E-state index contributed by atoms with van der Waals surface area (Å²) < 4.78 is 0. The number of nitrogens with zero attached hydrogens (tertiary/aromatic N) is 2. The second-order valence-corrected chi connectivity index (χ2v) is 6.26. The molecule has 0 aromatic heterocycles. The van der Waals surface area contributed by atoms with Gasteiger partial charge in [0.15, 0.2) is 0 Å². The van der Waals surface area contributed by atoms with Crippen LogP contribution in [0, 0.1) is 6.92 Å². The van der Waals surface area contributed by atoms with Gasteiger partial charge in [0.25, 0.3) is 0 Å². The summed E-state index contributed by atoms with van der Waals surface area (Å²) in [5.41, 5.74) is 2.63. The average molecular weight is 287 g/mol. The lowest BCUT2D eigenvalue weighted by molar-refractivity contribution is -0.121. The molecule has 1 N–H and O–H groups in total. The summed E-state index contributed by atoms with van der Waals surface area (Å²) >= 11 is 0. The SMILES string of the molecule is Cc1cccc(N2CCN(CCC(=O)NC3CC3)CC2)c1. The predicted molar refractivity (Wildman–Crippen MR) is 85.6 cm³/mol. The zero-order valence-corrected chi connectivity index (χ0v) is 12.8. The molecule has 0 atom stereocenters. The van der Waals surface area contributed by atoms with E-state index in [1.807, 2.05) is 0 Å². The van der Waals surface area contributed by atoms with E-state index < -0.39 is 0 Å². The Bertz CT molecular complexity index is 491. The van der Waals surface area contributed by atoms with Crippen molar-refractivity contribution < 1.29 is 4.79 Å². The van der Waals surface area contributed by atoms with E-state index in [4.69, 9.17) is 0 Å². The highest BCUT2D eigenvalue weighted by Gasteiger charge is 2.23. The summed E-state index contributed by atoms with van der Waals surface area (Å²) in [6.45, 7) is 7.22. The molecule has 1 amide bonds. The molecule has 1 aliphatic carbocycles. The molecule has 0 unspecified atom stereocenters. The molecule has 0 radical (unpaired) electrons. The van der Waals surface area contributed by atoms with Gasteiger partial charge >= 0.3 is 0 Å². The minimum absolute atomic E-state index is 0.221. The Morgan fingerprint density at radius 3 is 2.67 bits per heavy atom. The van der Waals surface area contributed by atoms with Gasteiger partial charge in [0, 0.05) is 50.9 Å². The summed E-state index contributed by atoms with van der Waals surface area (Å²) in [5, 5.41) is 3.06. The van der Waals surface area contributed by atoms with Crippen LogP contribution in [0.4, 0.5) is 5.69 Å². The summed E-state index contributed by atoms with van der Waals surface area (Å²) in [4.78, 5) is 16.6. The first-order valence-corrected chi connectivity index (χ1v) is 8.04. The maximum atomic E-state index is 11.7. The lowest BCUT2D eigenvalue weighted by atomic mass is 10.2. The van der Waals surface area contributed by atoms with Gasteiger partial charge in [0.2, 0.25) is 5.91 Å². The lowest BCUT2D eigenvalue weighted by Gasteiger charge is -2.36. The molecule has 21 heavy (non-hydrogen) atoms. The van der Waals surface area contributed by atoms with Crippen LogP contribution in [0.1, 0.15) is 24.8 Å². The number of rotatable bonds is 5. The molecule has 1 saturated carbocycles. The van der Waals surface area contributed by atoms with Gasteiger partial charge in [-0.2, -0.15) is 0 Å². The van der Waals surface area contributed by atoms with Crippen molar-refractivity contribution in [3.63, 3.8) is 0 Å². The monoisotopic (exact) mass is 287 g/mol. The standard InChI is InChI=1S/C17H25N3O/c1-14-3-2-4-16(13-14)20-11-9-19(10-12-20)8-7-17(21)18-15-5-6-15/h2-4,13,15H,5-12H2,1H3,(H,18,21). The van der Waals surface area contributed by atoms with Crippen LogP contribution in [0.5, 0.6) is 0 Å². The molecule has 4 heteroatoms. The fourth-order valence-electron chi connectivity index (χ4n) is 2.84. The molecule has 1 aromatic rings. The molecular weight excluding hydrogens is 262 g/mol. The van der Waals surface area contributed by atoms with Crippen LogP contribution in [-0.2, 0) is 4.79 Å². The topological polar surface area (TPSA) is 35.6 Å². The van der Waals surface area contributed by atoms with Gasteiger partial charge in [0.05, 0.1) is 0 Å². The Morgan fingerprint density at radius 1 is 1.24 bits per heavy atom. The van der Waals surface area contributed by atoms with Gasteiger partial charge in [-0.05, 0) is 37.5 Å². The molecule has 4 nitrogen and oxygen atoms in total. The largest absolute Gasteiger partial charge is 0.369 e. The second kappa shape index (κ2) is 6.48. The van der Waals surface area contributed by atoms with Crippen LogP contribution < -0.4 is 10.2 Å². The molecular formula is C17H25N3O. The van der Waals surface area contributed by atoms with E-state index in [9.17, 15) is 4.79 Å². The van der Waals surface area contributed by atoms with Crippen molar-refractivity contribution in [3.05, 3.63) is 29.8 Å². The van der Waals surface area contributed by atoms with E-state index >= 15 is 0 Å². The summed E-state index contributed by atoms with van der Waals surface area (Å²) in [5.74, 6) is 0.221. The number of carbonyl (C=O) groups excluding carboxylic acids is 1. The molecule has 1 aromatic carbocycles. The van der Waals surface area contributed by atoms with Crippen molar-refractivity contribution in [1.82, 2.24) is 10.2 Å². The van der Waals surface area contributed by atoms with Crippen molar-refractivity contribution in [3.8, 4) is 0 Å². The average Bonchev–Trinajstić information content (AvgIpc) is 3.30. The van der Waals surface area contributed by atoms with Gasteiger partial charge in [-0.25, -0.2) is 0 Å². The van der Waals surface area contributed by atoms with Crippen LogP contribution in [0.2, 0.25) is 0 Å². The first-order chi connectivity index (χ1) is 10.2. The first kappa shape index (κ1) is 14.4. The van der Waals surface area contributed by atoms with Crippen LogP contribution in [-0.4, -0.2) is 49.6 Å². The number of benzene rings is 1. The lowest BCUT2D eigenvalue weighted by Crippen LogP contribution is -2.47. The first-order valence-electron chi connectivity index (χ1n) is 8.04. The molecule has 0 bridgehead atoms. The highest BCUT2D eigenvalue weighted by atomic mass is 16.1. The number of carbonyl (C=O) groups is 1. The number of nitrogens with one attached hydrogen (secondary N) is 1. The summed E-state index contributed by atoms with van der Waals surface area (Å²) in [6.07, 6.45) is 2.97. The predicted octanol–water partition coefficient (Wildman–Crippen LogP) is 1.79. The summed E-state index contributed by atoms with van der Waals surface area (Å²) in [7, 11) is 0. The number of hydrogen-bond donors (Lipinski definition) is 1. The second-order valence-electron chi connectivity index (χ2n) is 6.26. The third-order valence-electron chi connectivity index (χ3n) is 4.34. The minimum atomic E-state index is 0.221. The number of amides is 1. The Morgan fingerprint density at radius 2 is 2.00 bits per heavy atom. The smallest absolute Gasteiger partial charge is 0.221 e. The summed E-state index contributed by atoms with van der Waals surface area (Å²) in [6, 6.07) is 9.18. The molecule has 3 rings (SSSR count). The maximum absolute atomic E-state index is 11.7. The van der Waals surface area contributed by atoms with Crippen molar-refractivity contribution in [2.24, 2.45) is 0 Å². The number of anilines is 1. The normalized spacial score (nSPS) is 19.6. The highest BCUT2D eigenvalue weighted by molar-refractivity contribution is 5.76. The third kappa shape index (κ3) is 4.21. The van der Waals surface area contributed by atoms with Gasteiger partial charge in [-0.1, -0.05) is 12.1 Å². The third-order valence-corrected chi connectivity index (χ3v) is 4.34.